The van der Waals surface area contributed by atoms with Gasteiger partial charge in [0, 0.05) is 20.5 Å². The van der Waals surface area contributed by atoms with Gasteiger partial charge in [-0.2, -0.15) is 4.98 Å². The molecular formula is C20H20BrN3O2S. The van der Waals surface area contributed by atoms with Gasteiger partial charge in [-0.1, -0.05) is 40.1 Å². The number of halogens is 1. The molecule has 1 heterocycles. The molecule has 0 unspecified atom stereocenters. The van der Waals surface area contributed by atoms with E-state index in [2.05, 4.69) is 31.4 Å². The average molecular weight is 446 g/mol. The van der Waals surface area contributed by atoms with Crippen LogP contribution in [0.15, 0.2) is 56.4 Å². The maximum atomic E-state index is 12.8. The van der Waals surface area contributed by atoms with Crippen LogP contribution in [0.4, 0.5) is 0 Å². The first-order chi connectivity index (χ1) is 13.0. The highest BCUT2D eigenvalue weighted by Gasteiger charge is 2.21. The lowest BCUT2D eigenvalue weighted by molar-refractivity contribution is 0.0932. The summed E-state index contributed by atoms with van der Waals surface area (Å²) in [6.45, 7) is 3.91. The third-order valence-electron chi connectivity index (χ3n) is 4.23. The van der Waals surface area contributed by atoms with Gasteiger partial charge in [0.25, 0.3) is 11.8 Å². The Bertz CT molecular complexity index is 958. The Morgan fingerprint density at radius 2 is 2.11 bits per heavy atom. The van der Waals surface area contributed by atoms with Gasteiger partial charge in [-0.05, 0) is 55.5 Å². The van der Waals surface area contributed by atoms with E-state index in [0.717, 1.165) is 20.5 Å². The number of nitrogens with one attached hydrogen (secondary N) is 1. The molecule has 0 aliphatic carbocycles. The zero-order valence-corrected chi connectivity index (χ0v) is 17.7. The fraction of sp³-hybridized carbons (Fsp3) is 0.250. The van der Waals surface area contributed by atoms with Gasteiger partial charge in [0.2, 0.25) is 0 Å². The summed E-state index contributed by atoms with van der Waals surface area (Å²) in [5, 5.41) is 7.10. The van der Waals surface area contributed by atoms with E-state index in [1.165, 1.54) is 0 Å². The second kappa shape index (κ2) is 8.71. The average Bonchev–Trinajstić information content (AvgIpc) is 3.16. The number of amides is 1. The molecule has 3 rings (SSSR count). The molecule has 140 valence electrons. The fourth-order valence-electron chi connectivity index (χ4n) is 2.67. The topological polar surface area (TPSA) is 68.0 Å². The number of thioether (sulfide) groups is 1. The molecule has 7 heteroatoms. The molecule has 0 bridgehead atoms. The standard InChI is InChI=1S/C20H20BrN3O2S/c1-4-17(22-19(25)16-11-15(27-3)9-8-12(16)2)18-23-20(26-24-18)13-6-5-7-14(21)10-13/h5-11,17H,4H2,1-3H3,(H,22,25)/t17-/m0/s1. The number of carbonyl (C=O) groups excluding carboxylic acids is 1. The van der Waals surface area contributed by atoms with Crippen molar-refractivity contribution in [3.8, 4) is 11.5 Å². The summed E-state index contributed by atoms with van der Waals surface area (Å²) in [6, 6.07) is 13.2. The quantitative estimate of drug-likeness (QED) is 0.513. The van der Waals surface area contributed by atoms with Gasteiger partial charge >= 0.3 is 0 Å². The molecule has 0 aliphatic heterocycles. The number of hydrogen-bond acceptors (Lipinski definition) is 5. The van der Waals surface area contributed by atoms with Gasteiger partial charge in [-0.3, -0.25) is 4.79 Å². The summed E-state index contributed by atoms with van der Waals surface area (Å²) in [5.74, 6) is 0.767. The zero-order valence-electron chi connectivity index (χ0n) is 15.3. The summed E-state index contributed by atoms with van der Waals surface area (Å²) in [4.78, 5) is 18.3. The van der Waals surface area contributed by atoms with Gasteiger partial charge < -0.3 is 9.84 Å². The predicted octanol–water partition coefficient (Wildman–Crippen LogP) is 5.41. The molecule has 0 saturated heterocycles. The maximum Gasteiger partial charge on any atom is 0.258 e. The van der Waals surface area contributed by atoms with E-state index < -0.39 is 0 Å². The van der Waals surface area contributed by atoms with Gasteiger partial charge in [-0.15, -0.1) is 11.8 Å². The monoisotopic (exact) mass is 445 g/mol. The first-order valence-corrected chi connectivity index (χ1v) is 10.6. The van der Waals surface area contributed by atoms with Crippen LogP contribution in [0.5, 0.6) is 0 Å². The molecule has 5 nitrogen and oxygen atoms in total. The summed E-state index contributed by atoms with van der Waals surface area (Å²) >= 11 is 5.05. The Hall–Kier alpha value is -2.12. The molecule has 0 radical (unpaired) electrons. The molecule has 0 saturated carbocycles. The zero-order chi connectivity index (χ0) is 19.4. The summed E-state index contributed by atoms with van der Waals surface area (Å²) in [6.07, 6.45) is 2.65. The first kappa shape index (κ1) is 19.6. The van der Waals surface area contributed by atoms with Crippen molar-refractivity contribution >= 4 is 33.6 Å². The van der Waals surface area contributed by atoms with Crippen molar-refractivity contribution in [3.05, 3.63) is 63.9 Å². The third-order valence-corrected chi connectivity index (χ3v) is 5.45. The van der Waals surface area contributed by atoms with E-state index in [4.69, 9.17) is 4.52 Å². The lowest BCUT2D eigenvalue weighted by Gasteiger charge is -2.15. The van der Waals surface area contributed by atoms with Gasteiger partial charge in [0.15, 0.2) is 5.82 Å². The van der Waals surface area contributed by atoms with Gasteiger partial charge in [0.1, 0.15) is 0 Å². The number of carbonyl (C=O) groups is 1. The smallest absolute Gasteiger partial charge is 0.258 e. The maximum absolute atomic E-state index is 12.8. The minimum atomic E-state index is -0.320. The van der Waals surface area contributed by atoms with Crippen LogP contribution in [-0.4, -0.2) is 22.3 Å². The number of aryl methyl sites for hydroxylation is 1. The Kier molecular flexibility index (Phi) is 6.34. The van der Waals surface area contributed by atoms with Crippen molar-refractivity contribution in [1.82, 2.24) is 15.5 Å². The lowest BCUT2D eigenvalue weighted by Crippen LogP contribution is -2.29. The largest absolute Gasteiger partial charge is 0.342 e. The Labute approximate surface area is 171 Å². The van der Waals surface area contributed by atoms with Crippen LogP contribution in [0.25, 0.3) is 11.5 Å². The molecule has 0 fully saturated rings. The second-order valence-corrected chi connectivity index (χ2v) is 7.88. The van der Waals surface area contributed by atoms with Crippen LogP contribution < -0.4 is 5.32 Å². The van der Waals surface area contributed by atoms with E-state index in [1.807, 2.05) is 62.6 Å². The van der Waals surface area contributed by atoms with E-state index in [9.17, 15) is 4.79 Å². The van der Waals surface area contributed by atoms with E-state index >= 15 is 0 Å². The highest BCUT2D eigenvalue weighted by atomic mass is 79.9. The van der Waals surface area contributed by atoms with Crippen LogP contribution in [0.2, 0.25) is 0 Å². The number of benzene rings is 2. The fourth-order valence-corrected chi connectivity index (χ4v) is 3.51. The Morgan fingerprint density at radius 1 is 1.30 bits per heavy atom. The van der Waals surface area contributed by atoms with Crippen LogP contribution in [-0.2, 0) is 0 Å². The van der Waals surface area contributed by atoms with E-state index in [-0.39, 0.29) is 11.9 Å². The number of rotatable bonds is 6. The molecule has 1 atom stereocenters. The van der Waals surface area contributed by atoms with Crippen LogP contribution in [0, 0.1) is 6.92 Å². The van der Waals surface area contributed by atoms with Crippen molar-refractivity contribution in [1.29, 1.82) is 0 Å². The molecular weight excluding hydrogens is 426 g/mol. The van der Waals surface area contributed by atoms with Crippen LogP contribution in [0.3, 0.4) is 0 Å². The number of nitrogens with zero attached hydrogens (tertiary/aromatic N) is 2. The van der Waals surface area contributed by atoms with E-state index in [1.54, 1.807) is 11.8 Å². The van der Waals surface area contributed by atoms with E-state index in [0.29, 0.717) is 23.7 Å². The Morgan fingerprint density at radius 3 is 2.81 bits per heavy atom. The molecule has 1 amide bonds. The second-order valence-electron chi connectivity index (χ2n) is 6.08. The summed E-state index contributed by atoms with van der Waals surface area (Å²) < 4.78 is 6.33. The molecule has 1 N–H and O–H groups in total. The Balaban J connectivity index is 1.81. The molecule has 2 aromatic carbocycles. The van der Waals surface area contributed by atoms with Crippen molar-refractivity contribution in [2.75, 3.05) is 6.26 Å². The van der Waals surface area contributed by atoms with Gasteiger partial charge in [-0.25, -0.2) is 0 Å². The highest BCUT2D eigenvalue weighted by molar-refractivity contribution is 9.10. The number of hydrogen-bond donors (Lipinski definition) is 1. The van der Waals surface area contributed by atoms with Crippen LogP contribution in [0.1, 0.15) is 41.1 Å². The molecule has 0 spiro atoms. The van der Waals surface area contributed by atoms with Crippen molar-refractivity contribution in [2.45, 2.75) is 31.2 Å². The normalized spacial score (nSPS) is 12.0. The minimum Gasteiger partial charge on any atom is -0.342 e. The summed E-state index contributed by atoms with van der Waals surface area (Å²) in [5.41, 5.74) is 2.42. The minimum absolute atomic E-state index is 0.135. The highest BCUT2D eigenvalue weighted by Crippen LogP contribution is 2.24. The van der Waals surface area contributed by atoms with Crippen LogP contribution >= 0.6 is 27.7 Å². The molecule has 3 aromatic rings. The third kappa shape index (κ3) is 4.59. The van der Waals surface area contributed by atoms with Gasteiger partial charge in [0.05, 0.1) is 6.04 Å². The SMILES string of the molecule is CC[C@H](NC(=O)c1cc(SC)ccc1C)c1noc(-c2cccc(Br)c2)n1. The molecule has 27 heavy (non-hydrogen) atoms. The lowest BCUT2D eigenvalue weighted by atomic mass is 10.1. The van der Waals surface area contributed by atoms with Crippen molar-refractivity contribution < 1.29 is 9.32 Å². The van der Waals surface area contributed by atoms with Crippen molar-refractivity contribution in [2.24, 2.45) is 0 Å². The number of aromatic nitrogens is 2. The predicted molar refractivity (Wildman–Crippen MR) is 111 cm³/mol. The molecule has 0 aliphatic rings. The summed E-state index contributed by atoms with van der Waals surface area (Å²) in [7, 11) is 0. The molecule has 1 aromatic heterocycles. The van der Waals surface area contributed by atoms with Crippen molar-refractivity contribution in [3.63, 3.8) is 0 Å². The first-order valence-electron chi connectivity index (χ1n) is 8.57.